The highest BCUT2D eigenvalue weighted by atomic mass is 79.9. The number of nitro benzene ring substituents is 1. The van der Waals surface area contributed by atoms with Gasteiger partial charge in [-0.25, -0.2) is 9.80 Å². The van der Waals surface area contributed by atoms with Crippen LogP contribution in [0.5, 0.6) is 5.75 Å². The van der Waals surface area contributed by atoms with E-state index in [1.54, 1.807) is 24.3 Å². The molecule has 45 heavy (non-hydrogen) atoms. The van der Waals surface area contributed by atoms with E-state index in [1.165, 1.54) is 36.4 Å². The molecule has 1 saturated heterocycles. The summed E-state index contributed by atoms with van der Waals surface area (Å²) in [6.07, 6.45) is 4.98. The molecule has 226 valence electrons. The molecule has 0 N–H and O–H groups in total. The number of nitro groups is 1. The minimum Gasteiger partial charge on any atom is -0.423 e. The molecule has 11 nitrogen and oxygen atoms in total. The molecule has 8 rings (SSSR count). The molecular formula is C33H24BrN3O8. The molecule has 1 aliphatic heterocycles. The van der Waals surface area contributed by atoms with Crippen molar-refractivity contribution in [3.63, 3.8) is 0 Å². The second-order valence-electron chi connectivity index (χ2n) is 11.7. The van der Waals surface area contributed by atoms with Gasteiger partial charge in [0.1, 0.15) is 12.3 Å². The molecule has 1 heterocycles. The number of ether oxygens (including phenoxy) is 1. The van der Waals surface area contributed by atoms with E-state index in [4.69, 9.17) is 4.74 Å². The smallest absolute Gasteiger partial charge is 0.343 e. The number of non-ortho nitro benzene ring substituents is 1. The maximum absolute atomic E-state index is 13.9. The normalized spacial score (nSPS) is 25.4. The minimum atomic E-state index is -0.816. The van der Waals surface area contributed by atoms with Crippen molar-refractivity contribution in [2.75, 3.05) is 6.54 Å². The Hall–Kier alpha value is -4.97. The van der Waals surface area contributed by atoms with Gasteiger partial charge < -0.3 is 4.74 Å². The Bertz CT molecular complexity index is 1770. The Balaban J connectivity index is 1.14. The number of hydrazine groups is 1. The number of allylic oxidation sites excluding steroid dienone is 2. The van der Waals surface area contributed by atoms with Crippen molar-refractivity contribution < 1.29 is 33.6 Å². The number of hydrogen-bond acceptors (Lipinski definition) is 8. The van der Waals surface area contributed by atoms with Crippen LogP contribution in [0.15, 0.2) is 89.4 Å². The van der Waals surface area contributed by atoms with Gasteiger partial charge in [0, 0.05) is 27.7 Å². The molecule has 0 unspecified atom stereocenters. The van der Waals surface area contributed by atoms with Gasteiger partial charge in [-0.3, -0.25) is 29.3 Å². The summed E-state index contributed by atoms with van der Waals surface area (Å²) in [4.78, 5) is 78.1. The number of amides is 3. The Morgan fingerprint density at radius 3 is 1.91 bits per heavy atom. The van der Waals surface area contributed by atoms with Gasteiger partial charge in [-0.15, -0.1) is 0 Å². The molecule has 2 bridgehead atoms. The molecule has 0 aromatic heterocycles. The van der Waals surface area contributed by atoms with Crippen molar-refractivity contribution in [1.82, 2.24) is 10.0 Å². The molecule has 6 atom stereocenters. The largest absolute Gasteiger partial charge is 0.423 e. The average Bonchev–Trinajstić information content (AvgIpc) is 3.83. The van der Waals surface area contributed by atoms with Crippen molar-refractivity contribution in [2.45, 2.75) is 6.42 Å². The number of hydrogen-bond donors (Lipinski definition) is 0. The Kier molecular flexibility index (Phi) is 6.96. The zero-order valence-electron chi connectivity index (χ0n) is 23.4. The summed E-state index contributed by atoms with van der Waals surface area (Å²) >= 11 is 3.31. The van der Waals surface area contributed by atoms with E-state index < -0.39 is 52.8 Å². The summed E-state index contributed by atoms with van der Waals surface area (Å²) in [5.74, 6) is -3.53. The summed E-state index contributed by atoms with van der Waals surface area (Å²) in [6.45, 7) is -0.639. The molecular weight excluding hydrogens is 646 g/mol. The highest BCUT2D eigenvalue weighted by molar-refractivity contribution is 9.10. The van der Waals surface area contributed by atoms with Gasteiger partial charge in [-0.05, 0) is 90.8 Å². The Morgan fingerprint density at radius 2 is 1.36 bits per heavy atom. The third kappa shape index (κ3) is 4.95. The first kappa shape index (κ1) is 28.8. The highest BCUT2D eigenvalue weighted by Gasteiger charge is 2.68. The molecule has 3 fully saturated rings. The lowest BCUT2D eigenvalue weighted by atomic mass is 9.63. The van der Waals surface area contributed by atoms with E-state index in [2.05, 4.69) is 15.9 Å². The maximum Gasteiger partial charge on any atom is 0.343 e. The summed E-state index contributed by atoms with van der Waals surface area (Å²) in [5, 5.41) is 12.8. The third-order valence-electron chi connectivity index (χ3n) is 9.20. The Morgan fingerprint density at radius 1 is 0.822 bits per heavy atom. The van der Waals surface area contributed by atoms with Crippen LogP contribution in [0.3, 0.4) is 0 Å². The molecule has 4 aliphatic carbocycles. The van der Waals surface area contributed by atoms with Gasteiger partial charge in [-0.1, -0.05) is 28.1 Å². The van der Waals surface area contributed by atoms with Crippen LogP contribution >= 0.6 is 15.9 Å². The van der Waals surface area contributed by atoms with Crippen LogP contribution in [0.1, 0.15) is 37.5 Å². The maximum atomic E-state index is 13.9. The number of ketones is 1. The lowest BCUT2D eigenvalue weighted by Crippen LogP contribution is -2.52. The van der Waals surface area contributed by atoms with Crippen LogP contribution in [-0.4, -0.2) is 51.0 Å². The second kappa shape index (κ2) is 10.9. The van der Waals surface area contributed by atoms with Crippen LogP contribution in [-0.2, 0) is 9.59 Å². The van der Waals surface area contributed by atoms with Crippen molar-refractivity contribution in [1.29, 1.82) is 0 Å². The summed E-state index contributed by atoms with van der Waals surface area (Å²) < 4.78 is 6.20. The number of carbonyl (C=O) groups is 5. The van der Waals surface area contributed by atoms with Crippen molar-refractivity contribution in [3.05, 3.63) is 116 Å². The lowest BCUT2D eigenvalue weighted by Gasteiger charge is -2.37. The number of imide groups is 1. The fourth-order valence-corrected chi connectivity index (χ4v) is 7.24. The van der Waals surface area contributed by atoms with Gasteiger partial charge in [-0.2, -0.15) is 5.01 Å². The second-order valence-corrected chi connectivity index (χ2v) is 12.6. The average molecular weight is 670 g/mol. The van der Waals surface area contributed by atoms with Crippen LogP contribution in [0.4, 0.5) is 5.69 Å². The van der Waals surface area contributed by atoms with Gasteiger partial charge in [0.15, 0.2) is 5.78 Å². The van der Waals surface area contributed by atoms with Crippen LogP contribution in [0.2, 0.25) is 0 Å². The predicted molar refractivity (Wildman–Crippen MR) is 161 cm³/mol. The van der Waals surface area contributed by atoms with Crippen LogP contribution in [0.25, 0.3) is 0 Å². The zero-order chi connectivity index (χ0) is 31.6. The lowest BCUT2D eigenvalue weighted by molar-refractivity contribution is -0.384. The van der Waals surface area contributed by atoms with Crippen molar-refractivity contribution in [2.24, 2.45) is 35.5 Å². The standard InChI is InChI=1S/C33H24BrN3O8/c34-20-7-1-19(2-8-20)33(42)45-22-11-5-17(6-12-22)27(38)16-35(30(39)18-3-9-21(10-4-18)37(43)44)36-31(40)28-23-13-14-24(26-15-25(23)26)29(28)32(36)41/h1-14,23-26,28-29H,15-16H2/t23-,24-,25-,26+,28-,29+/m0/s1. The van der Waals surface area contributed by atoms with Crippen LogP contribution < -0.4 is 4.74 Å². The van der Waals surface area contributed by atoms with Crippen molar-refractivity contribution >= 4 is 51.1 Å². The molecule has 3 aromatic rings. The summed E-state index contributed by atoms with van der Waals surface area (Å²) in [5.41, 5.74) is 0.221. The molecule has 0 spiro atoms. The zero-order valence-corrected chi connectivity index (χ0v) is 25.0. The van der Waals surface area contributed by atoms with E-state index in [0.29, 0.717) is 17.4 Å². The topological polar surface area (TPSA) is 144 Å². The molecule has 5 aliphatic rings. The first-order chi connectivity index (χ1) is 21.6. The first-order valence-corrected chi connectivity index (χ1v) is 15.1. The number of carbonyl (C=O) groups excluding carboxylic acids is 5. The highest BCUT2D eigenvalue weighted by Crippen LogP contribution is 2.65. The molecule has 3 aromatic carbocycles. The molecule has 2 saturated carbocycles. The number of benzene rings is 3. The molecule has 0 radical (unpaired) electrons. The Labute approximate surface area is 264 Å². The fraction of sp³-hybridized carbons (Fsp3) is 0.242. The number of halogens is 1. The fourth-order valence-electron chi connectivity index (χ4n) is 6.98. The van der Waals surface area contributed by atoms with Gasteiger partial charge in [0.25, 0.3) is 23.4 Å². The number of nitrogens with zero attached hydrogens (tertiary/aromatic N) is 3. The number of Topliss-reactive ketones (excluding diaryl/α,β-unsaturated/α-hetero) is 1. The van der Waals surface area contributed by atoms with E-state index in [1.807, 2.05) is 12.2 Å². The van der Waals surface area contributed by atoms with E-state index in [9.17, 15) is 34.1 Å². The monoisotopic (exact) mass is 669 g/mol. The van der Waals surface area contributed by atoms with E-state index in [0.717, 1.165) is 33.0 Å². The van der Waals surface area contributed by atoms with Gasteiger partial charge >= 0.3 is 5.97 Å². The van der Waals surface area contributed by atoms with Crippen LogP contribution in [0, 0.1) is 45.6 Å². The minimum absolute atomic E-state index is 0.0250. The number of esters is 1. The summed E-state index contributed by atoms with van der Waals surface area (Å²) in [7, 11) is 0. The van der Waals surface area contributed by atoms with E-state index >= 15 is 0 Å². The third-order valence-corrected chi connectivity index (χ3v) is 9.73. The molecule has 12 heteroatoms. The van der Waals surface area contributed by atoms with E-state index in [-0.39, 0.29) is 34.4 Å². The quantitative estimate of drug-likeness (QED) is 0.0628. The number of rotatable bonds is 8. The van der Waals surface area contributed by atoms with Gasteiger partial charge in [0.05, 0.1) is 22.3 Å². The SMILES string of the molecule is O=C(CN(C(=O)c1ccc([N+](=O)[O-])cc1)N1C(=O)[C@@H]2[C@H]3C=C[C@@H]([C@@H]4C[C@H]34)[C@@H]2C1=O)c1ccc(OC(=O)c2ccc(Br)cc2)cc1. The van der Waals surface area contributed by atoms with Gasteiger partial charge in [0.2, 0.25) is 0 Å². The first-order valence-electron chi connectivity index (χ1n) is 14.4. The predicted octanol–water partition coefficient (Wildman–Crippen LogP) is 4.87. The summed E-state index contributed by atoms with van der Waals surface area (Å²) in [6, 6.07) is 17.1. The molecule has 3 amide bonds. The van der Waals surface area contributed by atoms with Crippen molar-refractivity contribution in [3.8, 4) is 5.75 Å².